The van der Waals surface area contributed by atoms with Gasteiger partial charge in [0, 0.05) is 19.0 Å². The first-order chi connectivity index (χ1) is 7.27. The summed E-state index contributed by atoms with van der Waals surface area (Å²) in [6.07, 6.45) is 2.44. The van der Waals surface area contributed by atoms with E-state index in [0.29, 0.717) is 18.9 Å². The smallest absolute Gasteiger partial charge is 0.220 e. The summed E-state index contributed by atoms with van der Waals surface area (Å²) in [5, 5.41) is 2.93. The van der Waals surface area contributed by atoms with Gasteiger partial charge in [-0.15, -0.1) is 0 Å². The fourth-order valence-electron chi connectivity index (χ4n) is 1.26. The van der Waals surface area contributed by atoms with Crippen molar-refractivity contribution in [3.8, 4) is 0 Å². The van der Waals surface area contributed by atoms with Gasteiger partial charge in [0.1, 0.15) is 0 Å². The van der Waals surface area contributed by atoms with E-state index >= 15 is 0 Å². The molecule has 0 spiro atoms. The van der Waals surface area contributed by atoms with Gasteiger partial charge in [0.2, 0.25) is 5.91 Å². The lowest BCUT2D eigenvalue weighted by Gasteiger charge is -2.26. The zero-order valence-corrected chi connectivity index (χ0v) is 11.5. The average molecular weight is 228 g/mol. The van der Waals surface area contributed by atoms with Crippen LogP contribution in [0.4, 0.5) is 0 Å². The molecular weight excluding hydrogens is 200 g/mol. The van der Waals surface area contributed by atoms with Crippen LogP contribution in [0.25, 0.3) is 0 Å². The lowest BCUT2D eigenvalue weighted by Crippen LogP contribution is -2.32. The third kappa shape index (κ3) is 6.83. The Kier molecular flexibility index (Phi) is 6.65. The van der Waals surface area contributed by atoms with Gasteiger partial charge in [-0.25, -0.2) is 0 Å². The molecule has 0 heterocycles. The molecule has 0 aliphatic carbocycles. The fourth-order valence-corrected chi connectivity index (χ4v) is 1.26. The molecule has 0 saturated heterocycles. The van der Waals surface area contributed by atoms with Crippen LogP contribution in [0.1, 0.15) is 53.9 Å². The minimum Gasteiger partial charge on any atom is -0.356 e. The van der Waals surface area contributed by atoms with E-state index < -0.39 is 0 Å². The molecule has 3 N–H and O–H groups in total. The highest BCUT2D eigenvalue weighted by Gasteiger charge is 2.22. The van der Waals surface area contributed by atoms with Crippen LogP contribution >= 0.6 is 0 Å². The van der Waals surface area contributed by atoms with Crippen molar-refractivity contribution in [3.05, 3.63) is 0 Å². The molecule has 0 bridgehead atoms. The van der Waals surface area contributed by atoms with E-state index in [2.05, 4.69) is 39.9 Å². The van der Waals surface area contributed by atoms with Crippen molar-refractivity contribution in [2.75, 3.05) is 6.54 Å². The zero-order chi connectivity index (χ0) is 12.8. The zero-order valence-electron chi connectivity index (χ0n) is 11.5. The number of nitrogens with two attached hydrogens (primary N) is 1. The lowest BCUT2D eigenvalue weighted by atomic mass is 9.80. The Bertz CT molecular complexity index is 208. The van der Waals surface area contributed by atoms with E-state index in [1.807, 2.05) is 0 Å². The summed E-state index contributed by atoms with van der Waals surface area (Å²) in [4.78, 5) is 11.6. The van der Waals surface area contributed by atoms with Crippen LogP contribution in [0, 0.1) is 11.3 Å². The summed E-state index contributed by atoms with van der Waals surface area (Å²) in [5.41, 5.74) is 5.97. The van der Waals surface area contributed by atoms with Gasteiger partial charge < -0.3 is 11.1 Å². The van der Waals surface area contributed by atoms with E-state index in [-0.39, 0.29) is 17.4 Å². The van der Waals surface area contributed by atoms with Gasteiger partial charge in [-0.05, 0) is 24.2 Å². The van der Waals surface area contributed by atoms with Crippen LogP contribution in [-0.4, -0.2) is 18.5 Å². The van der Waals surface area contributed by atoms with Crippen LogP contribution in [0.5, 0.6) is 0 Å². The summed E-state index contributed by atoms with van der Waals surface area (Å²) >= 11 is 0. The summed E-state index contributed by atoms with van der Waals surface area (Å²) < 4.78 is 0. The molecule has 3 nitrogen and oxygen atoms in total. The van der Waals surface area contributed by atoms with Crippen LogP contribution < -0.4 is 11.1 Å². The second-order valence-corrected chi connectivity index (χ2v) is 5.78. The highest BCUT2D eigenvalue weighted by atomic mass is 16.1. The van der Waals surface area contributed by atoms with Crippen LogP contribution in [0.15, 0.2) is 0 Å². The topological polar surface area (TPSA) is 55.1 Å². The molecule has 2 unspecified atom stereocenters. The van der Waals surface area contributed by atoms with E-state index in [0.717, 1.165) is 12.8 Å². The standard InChI is InChI=1S/C13H28N2O/c1-6-11(14)7-8-15-12(16)9-10(2)13(3,4)5/h10-11H,6-9,14H2,1-5H3,(H,15,16). The molecule has 0 fully saturated rings. The Morgan fingerprint density at radius 3 is 2.38 bits per heavy atom. The first-order valence-corrected chi connectivity index (χ1v) is 6.29. The van der Waals surface area contributed by atoms with Crippen LogP contribution in [-0.2, 0) is 4.79 Å². The molecule has 16 heavy (non-hydrogen) atoms. The van der Waals surface area contributed by atoms with Crippen LogP contribution in [0.2, 0.25) is 0 Å². The van der Waals surface area contributed by atoms with Gasteiger partial charge >= 0.3 is 0 Å². The largest absolute Gasteiger partial charge is 0.356 e. The van der Waals surface area contributed by atoms with E-state index in [9.17, 15) is 4.79 Å². The number of rotatable bonds is 6. The quantitative estimate of drug-likeness (QED) is 0.733. The number of carbonyl (C=O) groups excluding carboxylic acids is 1. The lowest BCUT2D eigenvalue weighted by molar-refractivity contribution is -0.122. The number of carbonyl (C=O) groups is 1. The molecule has 0 rings (SSSR count). The maximum Gasteiger partial charge on any atom is 0.220 e. The molecule has 0 aliphatic rings. The number of amides is 1. The van der Waals surface area contributed by atoms with Gasteiger partial charge in [-0.2, -0.15) is 0 Å². The first kappa shape index (κ1) is 15.4. The van der Waals surface area contributed by atoms with Gasteiger partial charge in [-0.1, -0.05) is 34.6 Å². The first-order valence-electron chi connectivity index (χ1n) is 6.29. The van der Waals surface area contributed by atoms with Gasteiger partial charge in [-0.3, -0.25) is 4.79 Å². The highest BCUT2D eigenvalue weighted by molar-refractivity contribution is 5.76. The normalized spacial score (nSPS) is 15.6. The summed E-state index contributed by atoms with van der Waals surface area (Å²) in [6.45, 7) is 11.4. The Labute approximate surface area is 100 Å². The van der Waals surface area contributed by atoms with E-state index in [4.69, 9.17) is 5.73 Å². The molecule has 0 saturated carbocycles. The molecule has 0 aromatic carbocycles. The second-order valence-electron chi connectivity index (χ2n) is 5.78. The summed E-state index contributed by atoms with van der Waals surface area (Å²) in [5.74, 6) is 0.540. The average Bonchev–Trinajstić information content (AvgIpc) is 2.15. The number of hydrogen-bond acceptors (Lipinski definition) is 2. The fraction of sp³-hybridized carbons (Fsp3) is 0.923. The third-order valence-corrected chi connectivity index (χ3v) is 3.33. The Morgan fingerprint density at radius 2 is 1.94 bits per heavy atom. The van der Waals surface area contributed by atoms with Gasteiger partial charge in [0.25, 0.3) is 0 Å². The minimum atomic E-state index is 0.144. The van der Waals surface area contributed by atoms with Crippen molar-refractivity contribution >= 4 is 5.91 Å². The molecule has 96 valence electrons. The van der Waals surface area contributed by atoms with Gasteiger partial charge in [0.05, 0.1) is 0 Å². The molecule has 0 aliphatic heterocycles. The SMILES string of the molecule is CCC(N)CCNC(=O)CC(C)C(C)(C)C. The Morgan fingerprint density at radius 1 is 1.38 bits per heavy atom. The summed E-state index contributed by atoms with van der Waals surface area (Å²) in [7, 11) is 0. The molecule has 1 amide bonds. The molecule has 0 radical (unpaired) electrons. The number of nitrogens with one attached hydrogen (secondary N) is 1. The molecule has 2 atom stereocenters. The predicted molar refractivity (Wildman–Crippen MR) is 69.1 cm³/mol. The maximum atomic E-state index is 11.6. The highest BCUT2D eigenvalue weighted by Crippen LogP contribution is 2.27. The third-order valence-electron chi connectivity index (χ3n) is 3.33. The number of hydrogen-bond donors (Lipinski definition) is 2. The van der Waals surface area contributed by atoms with E-state index in [1.165, 1.54) is 0 Å². The Hall–Kier alpha value is -0.570. The van der Waals surface area contributed by atoms with Crippen molar-refractivity contribution in [1.29, 1.82) is 0 Å². The second kappa shape index (κ2) is 6.89. The van der Waals surface area contributed by atoms with Crippen molar-refractivity contribution in [1.82, 2.24) is 5.32 Å². The van der Waals surface area contributed by atoms with Crippen molar-refractivity contribution in [2.24, 2.45) is 17.1 Å². The van der Waals surface area contributed by atoms with Crippen molar-refractivity contribution in [3.63, 3.8) is 0 Å². The minimum absolute atomic E-state index is 0.144. The maximum absolute atomic E-state index is 11.6. The molecule has 0 aromatic rings. The van der Waals surface area contributed by atoms with Crippen molar-refractivity contribution < 1.29 is 4.79 Å². The van der Waals surface area contributed by atoms with E-state index in [1.54, 1.807) is 0 Å². The molecule has 3 heteroatoms. The Balaban J connectivity index is 3.75. The predicted octanol–water partition coefficient (Wildman–Crippen LogP) is 2.30. The molecular formula is C13H28N2O. The molecule has 0 aromatic heterocycles. The van der Waals surface area contributed by atoms with Gasteiger partial charge in [0.15, 0.2) is 0 Å². The monoisotopic (exact) mass is 228 g/mol. The van der Waals surface area contributed by atoms with Crippen LogP contribution in [0.3, 0.4) is 0 Å². The van der Waals surface area contributed by atoms with Crippen molar-refractivity contribution in [2.45, 2.75) is 59.9 Å². The summed E-state index contributed by atoms with van der Waals surface area (Å²) in [6, 6.07) is 0.209.